The first-order valence-electron chi connectivity index (χ1n) is 10.4. The lowest BCUT2D eigenvalue weighted by atomic mass is 10.0. The minimum Gasteiger partial charge on any atom is -0.298 e. The molecule has 0 unspecified atom stereocenters. The Morgan fingerprint density at radius 3 is 2.12 bits per heavy atom. The molecular weight excluding hydrogens is 452 g/mol. The van der Waals surface area contributed by atoms with Gasteiger partial charge < -0.3 is 0 Å². The second kappa shape index (κ2) is 9.29. The lowest BCUT2D eigenvalue weighted by Crippen LogP contribution is -2.12. The van der Waals surface area contributed by atoms with Gasteiger partial charge in [0.25, 0.3) is 5.91 Å². The molecule has 5 nitrogen and oxygen atoms in total. The van der Waals surface area contributed by atoms with Crippen molar-refractivity contribution < 1.29 is 13.2 Å². The fourth-order valence-corrected chi connectivity index (χ4v) is 5.23. The first kappa shape index (κ1) is 22.9. The first-order valence-corrected chi connectivity index (χ1v) is 13.3. The van der Waals surface area contributed by atoms with Gasteiger partial charge in [-0.1, -0.05) is 83.1 Å². The zero-order valence-corrected chi connectivity index (χ0v) is 20.3. The number of amides is 1. The van der Waals surface area contributed by atoms with Gasteiger partial charge in [-0.15, -0.1) is 0 Å². The maximum absolute atomic E-state index is 12.9. The molecule has 4 rings (SSSR count). The van der Waals surface area contributed by atoms with Crippen molar-refractivity contribution in [3.05, 3.63) is 95.1 Å². The quantitative estimate of drug-likeness (QED) is 0.376. The molecule has 0 spiro atoms. The number of aryl methyl sites for hydroxylation is 2. The maximum Gasteiger partial charge on any atom is 0.257 e. The van der Waals surface area contributed by atoms with Crippen LogP contribution in [0.4, 0.5) is 5.13 Å². The van der Waals surface area contributed by atoms with E-state index >= 15 is 0 Å². The Bertz CT molecular complexity index is 1340. The molecule has 33 heavy (non-hydrogen) atoms. The number of carbonyl (C=O) groups is 1. The molecule has 3 aromatic carbocycles. The number of nitrogens with one attached hydrogen (secondary N) is 1. The molecule has 0 bridgehead atoms. The minimum absolute atomic E-state index is 0.111. The van der Waals surface area contributed by atoms with E-state index in [1.807, 2.05) is 38.1 Å². The van der Waals surface area contributed by atoms with Crippen LogP contribution in [0.15, 0.2) is 72.8 Å². The molecule has 4 aromatic rings. The number of aromatic nitrogens is 1. The van der Waals surface area contributed by atoms with Crippen molar-refractivity contribution >= 4 is 32.2 Å². The van der Waals surface area contributed by atoms with E-state index in [4.69, 9.17) is 4.98 Å². The predicted octanol–water partition coefficient (Wildman–Crippen LogP) is 5.89. The van der Waals surface area contributed by atoms with Crippen LogP contribution >= 0.6 is 11.3 Å². The number of nitrogens with zero attached hydrogens (tertiary/aromatic N) is 1. The number of benzene rings is 3. The number of carbonyl (C=O) groups excluding carboxylic acids is 1. The zero-order chi connectivity index (χ0) is 23.6. The largest absolute Gasteiger partial charge is 0.298 e. The van der Waals surface area contributed by atoms with E-state index < -0.39 is 9.84 Å². The van der Waals surface area contributed by atoms with Crippen LogP contribution in [0, 0.1) is 13.8 Å². The van der Waals surface area contributed by atoms with E-state index in [9.17, 15) is 13.2 Å². The van der Waals surface area contributed by atoms with Crippen molar-refractivity contribution in [3.8, 4) is 21.7 Å². The van der Waals surface area contributed by atoms with Crippen LogP contribution in [0.5, 0.6) is 0 Å². The van der Waals surface area contributed by atoms with Gasteiger partial charge in [0.15, 0.2) is 15.0 Å². The Hall–Kier alpha value is -3.29. The van der Waals surface area contributed by atoms with Gasteiger partial charge in [-0.3, -0.25) is 10.1 Å². The summed E-state index contributed by atoms with van der Waals surface area (Å²) in [5.41, 5.74) is 6.11. The highest BCUT2D eigenvalue weighted by molar-refractivity contribution is 7.89. The van der Waals surface area contributed by atoms with Crippen molar-refractivity contribution in [3.63, 3.8) is 0 Å². The van der Waals surface area contributed by atoms with Gasteiger partial charge in [-0.25, -0.2) is 13.4 Å². The normalized spacial score (nSPS) is 11.4. The lowest BCUT2D eigenvalue weighted by Gasteiger charge is -2.04. The van der Waals surface area contributed by atoms with E-state index in [2.05, 4.69) is 29.6 Å². The predicted molar refractivity (Wildman–Crippen MR) is 135 cm³/mol. The van der Waals surface area contributed by atoms with Crippen molar-refractivity contribution in [2.45, 2.75) is 19.6 Å². The average Bonchev–Trinajstić information content (AvgIpc) is 3.17. The summed E-state index contributed by atoms with van der Waals surface area (Å²) in [6, 6.07) is 23.0. The second-order valence-electron chi connectivity index (χ2n) is 8.15. The monoisotopic (exact) mass is 476 g/mol. The van der Waals surface area contributed by atoms with Crippen LogP contribution in [0.25, 0.3) is 21.7 Å². The summed E-state index contributed by atoms with van der Waals surface area (Å²) in [5, 5.41) is 3.38. The average molecular weight is 477 g/mol. The maximum atomic E-state index is 12.9. The Kier molecular flexibility index (Phi) is 6.44. The van der Waals surface area contributed by atoms with Crippen LogP contribution in [0.2, 0.25) is 0 Å². The van der Waals surface area contributed by atoms with Gasteiger partial charge in [0.2, 0.25) is 0 Å². The van der Waals surface area contributed by atoms with Crippen molar-refractivity contribution in [2.24, 2.45) is 0 Å². The molecule has 0 radical (unpaired) electrons. The van der Waals surface area contributed by atoms with Crippen LogP contribution in [-0.4, -0.2) is 25.6 Å². The highest BCUT2D eigenvalue weighted by Crippen LogP contribution is 2.39. The van der Waals surface area contributed by atoms with Crippen LogP contribution in [-0.2, 0) is 15.6 Å². The van der Waals surface area contributed by atoms with E-state index in [1.54, 1.807) is 24.3 Å². The lowest BCUT2D eigenvalue weighted by molar-refractivity contribution is 0.102. The third-order valence-electron chi connectivity index (χ3n) is 5.10. The minimum atomic E-state index is -3.19. The first-order chi connectivity index (χ1) is 15.7. The summed E-state index contributed by atoms with van der Waals surface area (Å²) >= 11 is 1.42. The Balaban J connectivity index is 1.68. The van der Waals surface area contributed by atoms with E-state index in [1.165, 1.54) is 23.2 Å². The molecular formula is C26H24N2O3S2. The molecule has 168 valence electrons. The number of thiazole rings is 1. The van der Waals surface area contributed by atoms with Gasteiger partial charge in [-0.05, 0) is 37.1 Å². The molecule has 1 aromatic heterocycles. The topological polar surface area (TPSA) is 76.1 Å². The molecule has 1 heterocycles. The third kappa shape index (κ3) is 5.74. The van der Waals surface area contributed by atoms with Gasteiger partial charge in [-0.2, -0.15) is 0 Å². The SMILES string of the molecule is Cc1ccc(-c2nc(NC(=O)c3cccc(CS(C)(=O)=O)c3)sc2-c2ccc(C)cc2)cc1. The summed E-state index contributed by atoms with van der Waals surface area (Å²) in [7, 11) is -3.19. The molecule has 7 heteroatoms. The van der Waals surface area contributed by atoms with Gasteiger partial charge >= 0.3 is 0 Å². The number of rotatable bonds is 6. The number of hydrogen-bond acceptors (Lipinski definition) is 5. The van der Waals surface area contributed by atoms with Crippen molar-refractivity contribution in [2.75, 3.05) is 11.6 Å². The van der Waals surface area contributed by atoms with E-state index in [0.717, 1.165) is 27.3 Å². The highest BCUT2D eigenvalue weighted by Gasteiger charge is 2.17. The number of sulfone groups is 1. The summed E-state index contributed by atoms with van der Waals surface area (Å²) in [6.45, 7) is 4.08. The summed E-state index contributed by atoms with van der Waals surface area (Å²) < 4.78 is 23.2. The van der Waals surface area contributed by atoms with Crippen LogP contribution < -0.4 is 5.32 Å². The Morgan fingerprint density at radius 1 is 0.909 bits per heavy atom. The summed E-state index contributed by atoms with van der Waals surface area (Å²) in [4.78, 5) is 18.6. The second-order valence-corrected chi connectivity index (χ2v) is 11.3. The number of anilines is 1. The van der Waals surface area contributed by atoms with Gasteiger partial charge in [0, 0.05) is 17.4 Å². The fourth-order valence-electron chi connectivity index (χ4n) is 3.46. The third-order valence-corrected chi connectivity index (χ3v) is 6.98. The molecule has 0 aliphatic heterocycles. The van der Waals surface area contributed by atoms with Crippen LogP contribution in [0.1, 0.15) is 27.0 Å². The van der Waals surface area contributed by atoms with E-state index in [0.29, 0.717) is 16.3 Å². The zero-order valence-electron chi connectivity index (χ0n) is 18.6. The molecule has 1 amide bonds. The smallest absolute Gasteiger partial charge is 0.257 e. The molecule has 0 aliphatic carbocycles. The van der Waals surface area contributed by atoms with Crippen LogP contribution in [0.3, 0.4) is 0 Å². The summed E-state index contributed by atoms with van der Waals surface area (Å²) in [6.07, 6.45) is 1.18. The molecule has 0 aliphatic rings. The van der Waals surface area contributed by atoms with Crippen molar-refractivity contribution in [1.29, 1.82) is 0 Å². The molecule has 0 saturated heterocycles. The molecule has 1 N–H and O–H groups in total. The molecule has 0 fully saturated rings. The fraction of sp³-hybridized carbons (Fsp3) is 0.154. The molecule has 0 saturated carbocycles. The van der Waals surface area contributed by atoms with E-state index in [-0.39, 0.29) is 11.7 Å². The number of hydrogen-bond donors (Lipinski definition) is 1. The van der Waals surface area contributed by atoms with Gasteiger partial charge in [0.1, 0.15) is 0 Å². The Morgan fingerprint density at radius 2 is 1.52 bits per heavy atom. The summed E-state index contributed by atoms with van der Waals surface area (Å²) in [5.74, 6) is -0.439. The highest BCUT2D eigenvalue weighted by atomic mass is 32.2. The van der Waals surface area contributed by atoms with Gasteiger partial charge in [0.05, 0.1) is 16.3 Å². The Labute approximate surface area is 198 Å². The molecule has 0 atom stereocenters. The standard InChI is InChI=1S/C26H24N2O3S2/c1-17-7-11-20(12-8-17)23-24(21-13-9-18(2)10-14-21)32-26(27-23)28-25(29)22-6-4-5-19(15-22)16-33(3,30)31/h4-15H,16H2,1-3H3,(H,27,28,29). The van der Waals surface area contributed by atoms with Crippen molar-refractivity contribution in [1.82, 2.24) is 4.98 Å².